The summed E-state index contributed by atoms with van der Waals surface area (Å²) in [7, 11) is 0.313. The van der Waals surface area contributed by atoms with Crippen LogP contribution in [0, 0.1) is 6.92 Å². The normalized spacial score (nSPS) is 11.8. The van der Waals surface area contributed by atoms with Crippen LogP contribution in [0.25, 0.3) is 10.9 Å². The highest BCUT2D eigenvalue weighted by Gasteiger charge is 2.13. The molecule has 0 saturated carbocycles. The molecule has 0 saturated heterocycles. The topological polar surface area (TPSA) is 53.3 Å². The highest BCUT2D eigenvalue weighted by atomic mass is 28.3. The lowest BCUT2D eigenvalue weighted by Crippen LogP contribution is -2.22. The first-order valence-corrected chi connectivity index (χ1v) is 13.7. The minimum Gasteiger partial charge on any atom is -0.465 e. The van der Waals surface area contributed by atoms with E-state index in [0.717, 1.165) is 17.9 Å². The van der Waals surface area contributed by atoms with E-state index in [2.05, 4.69) is 60.4 Å². The van der Waals surface area contributed by atoms with E-state index in [4.69, 9.17) is 9.47 Å². The number of pyridine rings is 1. The number of fused-ring (bicyclic) bond motifs is 1. The number of aryl methyl sites for hydroxylation is 1. The number of rotatable bonds is 8. The fourth-order valence-electron chi connectivity index (χ4n) is 3.30. The van der Waals surface area contributed by atoms with Gasteiger partial charge in [0.05, 0.1) is 18.2 Å². The molecule has 1 aromatic carbocycles. The van der Waals surface area contributed by atoms with Gasteiger partial charge < -0.3 is 14.0 Å². The molecule has 2 heterocycles. The summed E-state index contributed by atoms with van der Waals surface area (Å²) in [5.74, 6) is -0.342. The molecular weight excluding hydrogens is 380 g/mol. The number of hydrogen-bond donors (Lipinski definition) is 0. The molecular formula is C23H30N2O3Si. The maximum Gasteiger partial charge on any atom is 0.337 e. The number of nitrogens with zero attached hydrogens (tertiary/aromatic N) is 2. The second kappa shape index (κ2) is 8.92. The molecule has 0 aliphatic heterocycles. The average molecular weight is 411 g/mol. The Kier molecular flexibility index (Phi) is 6.55. The predicted octanol–water partition coefficient (Wildman–Crippen LogP) is 5.03. The van der Waals surface area contributed by atoms with Gasteiger partial charge in [-0.3, -0.25) is 4.98 Å². The monoisotopic (exact) mass is 410 g/mol. The van der Waals surface area contributed by atoms with Crippen LogP contribution in [0.15, 0.2) is 42.6 Å². The predicted molar refractivity (Wildman–Crippen MR) is 119 cm³/mol. The van der Waals surface area contributed by atoms with Crippen LogP contribution in [0.3, 0.4) is 0 Å². The van der Waals surface area contributed by atoms with Crippen molar-refractivity contribution in [3.05, 3.63) is 65.1 Å². The molecule has 2 aromatic heterocycles. The van der Waals surface area contributed by atoms with Crippen molar-refractivity contribution in [2.75, 3.05) is 13.7 Å². The third kappa shape index (κ3) is 5.55. The Balaban J connectivity index is 1.73. The van der Waals surface area contributed by atoms with Gasteiger partial charge in [0.1, 0.15) is 6.73 Å². The van der Waals surface area contributed by atoms with Crippen LogP contribution >= 0.6 is 0 Å². The number of benzene rings is 1. The highest BCUT2D eigenvalue weighted by molar-refractivity contribution is 6.76. The smallest absolute Gasteiger partial charge is 0.337 e. The van der Waals surface area contributed by atoms with Gasteiger partial charge in [-0.05, 0) is 48.9 Å². The van der Waals surface area contributed by atoms with Crippen LogP contribution in [0.4, 0.5) is 0 Å². The lowest BCUT2D eigenvalue weighted by atomic mass is 10.1. The Morgan fingerprint density at radius 2 is 1.93 bits per heavy atom. The SMILES string of the molecule is COC(=O)c1ccnc(Cc2ccc3c(c2)cc(C)n3COCC[Si](C)(C)C)c1. The minimum atomic E-state index is -1.07. The van der Waals surface area contributed by atoms with Crippen molar-refractivity contribution < 1.29 is 14.3 Å². The summed E-state index contributed by atoms with van der Waals surface area (Å²) in [4.78, 5) is 16.1. The summed E-state index contributed by atoms with van der Waals surface area (Å²) in [6.45, 7) is 10.6. The van der Waals surface area contributed by atoms with Gasteiger partial charge in [-0.15, -0.1) is 0 Å². The van der Waals surface area contributed by atoms with Gasteiger partial charge in [0, 0.05) is 44.1 Å². The Morgan fingerprint density at radius 3 is 2.66 bits per heavy atom. The zero-order valence-corrected chi connectivity index (χ0v) is 19.0. The van der Waals surface area contributed by atoms with Gasteiger partial charge in [0.15, 0.2) is 0 Å². The van der Waals surface area contributed by atoms with E-state index in [1.807, 2.05) is 0 Å². The fourth-order valence-corrected chi connectivity index (χ4v) is 4.06. The Labute approximate surface area is 173 Å². The highest BCUT2D eigenvalue weighted by Crippen LogP contribution is 2.23. The Bertz CT molecular complexity index is 1010. The number of methoxy groups -OCH3 is 1. The second-order valence-corrected chi connectivity index (χ2v) is 14.3. The third-order valence-electron chi connectivity index (χ3n) is 5.01. The quantitative estimate of drug-likeness (QED) is 0.297. The van der Waals surface area contributed by atoms with Crippen molar-refractivity contribution in [3.63, 3.8) is 0 Å². The van der Waals surface area contributed by atoms with E-state index in [1.165, 1.54) is 29.8 Å². The van der Waals surface area contributed by atoms with Crippen molar-refractivity contribution >= 4 is 24.9 Å². The summed E-state index contributed by atoms with van der Waals surface area (Å²) in [5.41, 5.74) is 4.89. The lowest BCUT2D eigenvalue weighted by Gasteiger charge is -2.16. The first kappa shape index (κ1) is 21.3. The molecule has 0 spiro atoms. The lowest BCUT2D eigenvalue weighted by molar-refractivity contribution is 0.0600. The van der Waals surface area contributed by atoms with Crippen molar-refractivity contribution in [2.45, 2.75) is 45.8 Å². The minimum absolute atomic E-state index is 0.342. The molecule has 5 nitrogen and oxygen atoms in total. The third-order valence-corrected chi connectivity index (χ3v) is 6.72. The molecule has 0 bridgehead atoms. The summed E-state index contributed by atoms with van der Waals surface area (Å²) in [5, 5.41) is 1.19. The van der Waals surface area contributed by atoms with E-state index < -0.39 is 8.07 Å². The van der Waals surface area contributed by atoms with E-state index in [9.17, 15) is 4.79 Å². The molecule has 0 aliphatic rings. The second-order valence-electron chi connectivity index (χ2n) is 8.66. The van der Waals surface area contributed by atoms with Crippen LogP contribution in [0.5, 0.6) is 0 Å². The van der Waals surface area contributed by atoms with Crippen LogP contribution in [-0.2, 0) is 22.6 Å². The molecule has 3 aromatic rings. The zero-order chi connectivity index (χ0) is 21.0. The van der Waals surface area contributed by atoms with Gasteiger partial charge in [-0.1, -0.05) is 25.7 Å². The number of carbonyl (C=O) groups is 1. The zero-order valence-electron chi connectivity index (χ0n) is 18.0. The molecule has 0 atom stereocenters. The van der Waals surface area contributed by atoms with Crippen molar-refractivity contribution in [1.82, 2.24) is 9.55 Å². The number of hydrogen-bond acceptors (Lipinski definition) is 4. The van der Waals surface area contributed by atoms with Crippen molar-refractivity contribution in [1.29, 1.82) is 0 Å². The fraction of sp³-hybridized carbons (Fsp3) is 0.391. The van der Waals surface area contributed by atoms with E-state index in [0.29, 0.717) is 18.7 Å². The maximum absolute atomic E-state index is 11.7. The van der Waals surface area contributed by atoms with Crippen molar-refractivity contribution in [2.24, 2.45) is 0 Å². The van der Waals surface area contributed by atoms with Gasteiger partial charge >= 0.3 is 5.97 Å². The Hall–Kier alpha value is -2.44. The van der Waals surface area contributed by atoms with Crippen LogP contribution in [0.2, 0.25) is 25.7 Å². The molecule has 0 aliphatic carbocycles. The molecule has 0 fully saturated rings. The summed E-state index contributed by atoms with van der Waals surface area (Å²) in [6, 6.07) is 13.3. The molecule has 0 radical (unpaired) electrons. The van der Waals surface area contributed by atoms with Crippen molar-refractivity contribution in [3.8, 4) is 0 Å². The summed E-state index contributed by atoms with van der Waals surface area (Å²) >= 11 is 0. The molecule has 0 amide bonds. The first-order chi connectivity index (χ1) is 13.8. The summed E-state index contributed by atoms with van der Waals surface area (Å²) in [6.07, 6.45) is 2.32. The standard InChI is InChI=1S/C23H30N2O3Si/c1-17-12-20-13-18(14-21-15-19(8-9-24-21)23(26)27-2)6-7-22(20)25(17)16-28-10-11-29(3,4)5/h6-9,12-13,15H,10-11,14,16H2,1-5H3. The number of carbonyl (C=O) groups excluding carboxylic acids is 1. The molecule has 154 valence electrons. The van der Waals surface area contributed by atoms with E-state index in [1.54, 1.807) is 18.3 Å². The number of ether oxygens (including phenoxy) is 2. The van der Waals surface area contributed by atoms with Gasteiger partial charge in [0.25, 0.3) is 0 Å². The van der Waals surface area contributed by atoms with Gasteiger partial charge in [-0.2, -0.15) is 0 Å². The molecule has 0 unspecified atom stereocenters. The Morgan fingerprint density at radius 1 is 1.14 bits per heavy atom. The number of esters is 1. The van der Waals surface area contributed by atoms with Crippen LogP contribution in [-0.4, -0.2) is 37.3 Å². The molecule has 29 heavy (non-hydrogen) atoms. The van der Waals surface area contributed by atoms with Gasteiger partial charge in [0.2, 0.25) is 0 Å². The summed E-state index contributed by atoms with van der Waals surface area (Å²) < 4.78 is 13.0. The number of aromatic nitrogens is 2. The molecule has 0 N–H and O–H groups in total. The van der Waals surface area contributed by atoms with E-state index in [-0.39, 0.29) is 5.97 Å². The van der Waals surface area contributed by atoms with Crippen LogP contribution in [0.1, 0.15) is 27.3 Å². The van der Waals surface area contributed by atoms with E-state index >= 15 is 0 Å². The molecule has 3 rings (SSSR count). The molecule has 6 heteroatoms. The average Bonchev–Trinajstić information content (AvgIpc) is 2.98. The van der Waals surface area contributed by atoms with Gasteiger partial charge in [-0.25, -0.2) is 4.79 Å². The maximum atomic E-state index is 11.7. The largest absolute Gasteiger partial charge is 0.465 e. The van der Waals surface area contributed by atoms with Crippen LogP contribution < -0.4 is 0 Å². The first-order valence-electron chi connectivity index (χ1n) is 9.96.